The maximum absolute atomic E-state index is 12.3. The Labute approximate surface area is 182 Å². The van der Waals surface area contributed by atoms with E-state index in [2.05, 4.69) is 20.5 Å². The fourth-order valence-electron chi connectivity index (χ4n) is 2.61. The number of H-pyrrole nitrogens is 1. The lowest BCUT2D eigenvalue weighted by molar-refractivity contribution is 0.243. The average molecular weight is 442 g/mol. The smallest absolute Gasteiger partial charge is 0.270 e. The van der Waals surface area contributed by atoms with Crippen molar-refractivity contribution in [2.45, 2.75) is 20.0 Å². The lowest BCUT2D eigenvalue weighted by Crippen LogP contribution is -2.16. The van der Waals surface area contributed by atoms with Crippen molar-refractivity contribution in [3.05, 3.63) is 74.0 Å². The van der Waals surface area contributed by atoms with Gasteiger partial charge < -0.3 is 4.74 Å². The summed E-state index contributed by atoms with van der Waals surface area (Å²) in [6.45, 7) is 3.75. The third-order valence-electron chi connectivity index (χ3n) is 3.84. The van der Waals surface area contributed by atoms with Crippen LogP contribution in [0, 0.1) is 11.3 Å². The molecule has 0 spiro atoms. The highest BCUT2D eigenvalue weighted by Gasteiger charge is 2.13. The van der Waals surface area contributed by atoms with Gasteiger partial charge in [-0.25, -0.2) is 10.4 Å². The minimum Gasteiger partial charge on any atom is -0.488 e. The van der Waals surface area contributed by atoms with E-state index in [1.54, 1.807) is 36.4 Å². The van der Waals surface area contributed by atoms with Crippen LogP contribution in [0.3, 0.4) is 0 Å². The summed E-state index contributed by atoms with van der Waals surface area (Å²) < 4.78 is 5.59. The number of aromatic amines is 1. The summed E-state index contributed by atoms with van der Waals surface area (Å²) >= 11 is 12.5. The van der Waals surface area contributed by atoms with Crippen LogP contribution in [0.5, 0.6) is 5.75 Å². The van der Waals surface area contributed by atoms with Crippen LogP contribution in [-0.2, 0) is 0 Å². The normalized spacial score (nSPS) is 10.9. The van der Waals surface area contributed by atoms with Crippen LogP contribution in [0.4, 0.5) is 5.95 Å². The second-order valence-electron chi connectivity index (χ2n) is 6.47. The van der Waals surface area contributed by atoms with Crippen LogP contribution in [0.15, 0.2) is 52.4 Å². The Morgan fingerprint density at radius 2 is 1.90 bits per heavy atom. The Hall–Kier alpha value is -3.34. The van der Waals surface area contributed by atoms with Gasteiger partial charge in [0.25, 0.3) is 5.56 Å². The molecule has 0 amide bonds. The Balaban J connectivity index is 1.86. The van der Waals surface area contributed by atoms with Crippen LogP contribution in [0.1, 0.15) is 25.0 Å². The minimum atomic E-state index is -0.565. The molecule has 2 N–H and O–H groups in total. The topological polar surface area (TPSA) is 103 Å². The van der Waals surface area contributed by atoms with Gasteiger partial charge in [-0.1, -0.05) is 53.5 Å². The van der Waals surface area contributed by atoms with Crippen LogP contribution in [0.2, 0.25) is 10.0 Å². The number of nitriles is 1. The van der Waals surface area contributed by atoms with Crippen molar-refractivity contribution in [1.82, 2.24) is 9.97 Å². The molecule has 0 aliphatic carbocycles. The van der Waals surface area contributed by atoms with Crippen molar-refractivity contribution in [1.29, 1.82) is 5.26 Å². The first-order valence-corrected chi connectivity index (χ1v) is 9.69. The number of anilines is 1. The summed E-state index contributed by atoms with van der Waals surface area (Å²) in [5.41, 5.74) is 3.55. The summed E-state index contributed by atoms with van der Waals surface area (Å²) in [7, 11) is 0. The van der Waals surface area contributed by atoms with E-state index in [0.717, 1.165) is 0 Å². The summed E-state index contributed by atoms with van der Waals surface area (Å²) in [5.74, 6) is 0.495. The first-order valence-electron chi connectivity index (χ1n) is 8.93. The number of aromatic nitrogens is 2. The van der Waals surface area contributed by atoms with Crippen molar-refractivity contribution >= 4 is 35.4 Å². The van der Waals surface area contributed by atoms with Gasteiger partial charge in [0.15, 0.2) is 5.75 Å². The van der Waals surface area contributed by atoms with Crippen LogP contribution in [0.25, 0.3) is 11.3 Å². The molecule has 30 heavy (non-hydrogen) atoms. The highest BCUT2D eigenvalue weighted by atomic mass is 35.5. The van der Waals surface area contributed by atoms with Gasteiger partial charge in [-0.3, -0.25) is 9.78 Å². The molecule has 152 valence electrons. The molecule has 0 radical (unpaired) electrons. The molecule has 3 rings (SSSR count). The van der Waals surface area contributed by atoms with E-state index in [1.165, 1.54) is 6.21 Å². The van der Waals surface area contributed by atoms with Gasteiger partial charge in [-0.2, -0.15) is 10.4 Å². The Morgan fingerprint density at radius 3 is 2.50 bits per heavy atom. The van der Waals surface area contributed by atoms with Crippen molar-refractivity contribution in [3.8, 4) is 23.1 Å². The number of nitrogens with one attached hydrogen (secondary N) is 2. The van der Waals surface area contributed by atoms with E-state index < -0.39 is 5.56 Å². The molecular weight excluding hydrogens is 425 g/mol. The molecule has 0 unspecified atom stereocenters. The van der Waals surface area contributed by atoms with Gasteiger partial charge in [0.1, 0.15) is 11.6 Å². The van der Waals surface area contributed by atoms with Gasteiger partial charge >= 0.3 is 0 Å². The van der Waals surface area contributed by atoms with Crippen molar-refractivity contribution in [2.75, 3.05) is 5.43 Å². The first-order chi connectivity index (χ1) is 14.4. The van der Waals surface area contributed by atoms with Crippen LogP contribution >= 0.6 is 23.2 Å². The van der Waals surface area contributed by atoms with Gasteiger partial charge in [-0.15, -0.1) is 0 Å². The zero-order valence-electron chi connectivity index (χ0n) is 16.1. The standard InChI is InChI=1S/C21H17Cl2N5O2/c1-12(2)30-19-16(22)8-13(9-17(19)23)11-25-28-21-26-18(14-6-4-3-5-7-14)15(10-24)20(29)27-21/h3-9,11-12H,1-2H3,(H2,26,27,28,29). The molecule has 0 saturated heterocycles. The van der Waals surface area contributed by atoms with E-state index in [9.17, 15) is 10.1 Å². The van der Waals surface area contributed by atoms with Gasteiger partial charge in [0.05, 0.1) is 28.1 Å². The number of hydrogen-bond acceptors (Lipinski definition) is 6. The third kappa shape index (κ3) is 4.98. The molecule has 0 saturated carbocycles. The average Bonchev–Trinajstić information content (AvgIpc) is 2.71. The summed E-state index contributed by atoms with van der Waals surface area (Å²) in [6, 6.07) is 14.2. The van der Waals surface area contributed by atoms with E-state index in [0.29, 0.717) is 26.9 Å². The summed E-state index contributed by atoms with van der Waals surface area (Å²) in [6.07, 6.45) is 1.40. The van der Waals surface area contributed by atoms with Gasteiger partial charge in [0, 0.05) is 5.56 Å². The lowest BCUT2D eigenvalue weighted by atomic mass is 10.1. The fraction of sp³-hybridized carbons (Fsp3) is 0.143. The predicted octanol–water partition coefficient (Wildman–Crippen LogP) is 4.85. The molecule has 0 aliphatic rings. The zero-order valence-corrected chi connectivity index (χ0v) is 17.6. The van der Waals surface area contributed by atoms with E-state index in [1.807, 2.05) is 26.0 Å². The van der Waals surface area contributed by atoms with E-state index in [4.69, 9.17) is 27.9 Å². The van der Waals surface area contributed by atoms with Crippen molar-refractivity contribution in [3.63, 3.8) is 0 Å². The molecule has 1 heterocycles. The molecule has 0 aliphatic heterocycles. The fourth-order valence-corrected chi connectivity index (χ4v) is 3.20. The second kappa shape index (κ2) is 9.44. The molecule has 9 heteroatoms. The lowest BCUT2D eigenvalue weighted by Gasteiger charge is -2.13. The number of benzene rings is 2. The number of ether oxygens (including phenoxy) is 1. The maximum Gasteiger partial charge on any atom is 0.270 e. The molecule has 1 aromatic heterocycles. The molecule has 2 aromatic carbocycles. The quantitative estimate of drug-likeness (QED) is 0.420. The summed E-state index contributed by atoms with van der Waals surface area (Å²) in [4.78, 5) is 19.1. The van der Waals surface area contributed by atoms with E-state index >= 15 is 0 Å². The maximum atomic E-state index is 12.3. The van der Waals surface area contributed by atoms with E-state index in [-0.39, 0.29) is 23.3 Å². The van der Waals surface area contributed by atoms with Crippen molar-refractivity contribution < 1.29 is 4.74 Å². The molecule has 0 bridgehead atoms. The Morgan fingerprint density at radius 1 is 1.23 bits per heavy atom. The number of hydrogen-bond donors (Lipinski definition) is 2. The highest BCUT2D eigenvalue weighted by Crippen LogP contribution is 2.34. The number of halogens is 2. The second-order valence-corrected chi connectivity index (χ2v) is 7.28. The number of hydrazone groups is 1. The first kappa shape index (κ1) is 21.4. The number of nitrogens with zero attached hydrogens (tertiary/aromatic N) is 3. The van der Waals surface area contributed by atoms with Gasteiger partial charge in [-0.05, 0) is 31.5 Å². The highest BCUT2D eigenvalue weighted by molar-refractivity contribution is 6.37. The minimum absolute atomic E-state index is 0.0701. The Kier molecular flexibility index (Phi) is 6.72. The zero-order chi connectivity index (χ0) is 21.7. The van der Waals surface area contributed by atoms with Crippen LogP contribution < -0.4 is 15.7 Å². The molecule has 0 fully saturated rings. The number of rotatable bonds is 6. The van der Waals surface area contributed by atoms with Crippen LogP contribution in [-0.4, -0.2) is 22.3 Å². The third-order valence-corrected chi connectivity index (χ3v) is 4.40. The van der Waals surface area contributed by atoms with Gasteiger partial charge in [0.2, 0.25) is 5.95 Å². The molecule has 3 aromatic rings. The largest absolute Gasteiger partial charge is 0.488 e. The predicted molar refractivity (Wildman–Crippen MR) is 118 cm³/mol. The molecular formula is C21H17Cl2N5O2. The SMILES string of the molecule is CC(C)Oc1c(Cl)cc(C=NNc2nc(-c3ccccc3)c(C#N)c(=O)[nH]2)cc1Cl. The molecule has 0 atom stereocenters. The summed E-state index contributed by atoms with van der Waals surface area (Å²) in [5, 5.41) is 14.1. The van der Waals surface area contributed by atoms with Crippen molar-refractivity contribution in [2.24, 2.45) is 5.10 Å². The Bertz CT molecular complexity index is 1160. The monoisotopic (exact) mass is 441 g/mol. The molecule has 7 nitrogen and oxygen atoms in total.